The van der Waals surface area contributed by atoms with Crippen LogP contribution in [0.3, 0.4) is 0 Å². The molecular formula is C15H17ClF3NO2S. The molecule has 3 nitrogen and oxygen atoms in total. The molecule has 1 aliphatic rings. The molecule has 0 heterocycles. The summed E-state index contributed by atoms with van der Waals surface area (Å²) in [6.07, 6.45) is -0.398. The van der Waals surface area contributed by atoms with Crippen molar-refractivity contribution in [3.63, 3.8) is 0 Å². The van der Waals surface area contributed by atoms with Gasteiger partial charge in [-0.25, -0.2) is 0 Å². The maximum absolute atomic E-state index is 12.6. The summed E-state index contributed by atoms with van der Waals surface area (Å²) < 4.78 is 37.9. The molecule has 8 heteroatoms. The Kier molecular flexibility index (Phi) is 5.53. The standard InChI is InChI=1S/C15H17ClF3NO2S/c1-14(22,15(17,18)19)13(21)20-12-7-6-10(8-11(12)16)23-9-4-2-3-5-9/h6-9,22H,2-5H2,1H3,(H,20,21)/t14-/m1/s1. The number of amides is 1. The minimum Gasteiger partial charge on any atom is -0.373 e. The lowest BCUT2D eigenvalue weighted by Crippen LogP contribution is -2.52. The molecule has 23 heavy (non-hydrogen) atoms. The summed E-state index contributed by atoms with van der Waals surface area (Å²) in [6, 6.07) is 4.76. The average Bonchev–Trinajstić information content (AvgIpc) is 2.93. The minimum absolute atomic E-state index is 0.0389. The summed E-state index contributed by atoms with van der Waals surface area (Å²) in [4.78, 5) is 12.6. The van der Waals surface area contributed by atoms with Crippen LogP contribution < -0.4 is 5.32 Å². The highest BCUT2D eigenvalue weighted by molar-refractivity contribution is 8.00. The lowest BCUT2D eigenvalue weighted by molar-refractivity contribution is -0.242. The van der Waals surface area contributed by atoms with Crippen LogP contribution in [0.1, 0.15) is 32.6 Å². The molecule has 1 aromatic rings. The molecule has 128 valence electrons. The monoisotopic (exact) mass is 367 g/mol. The molecule has 0 radical (unpaired) electrons. The topological polar surface area (TPSA) is 49.3 Å². The van der Waals surface area contributed by atoms with Gasteiger partial charge in [0.15, 0.2) is 0 Å². The third-order valence-corrected chi connectivity index (χ3v) is 5.43. The zero-order valence-corrected chi connectivity index (χ0v) is 14.0. The molecule has 0 aliphatic heterocycles. The Balaban J connectivity index is 2.07. The minimum atomic E-state index is -5.07. The van der Waals surface area contributed by atoms with Gasteiger partial charge in [0, 0.05) is 10.1 Å². The van der Waals surface area contributed by atoms with Crippen LogP contribution in [0, 0.1) is 0 Å². The molecule has 1 atom stereocenters. The van der Waals surface area contributed by atoms with Crippen LogP contribution in [0.4, 0.5) is 18.9 Å². The fourth-order valence-corrected chi connectivity index (χ4v) is 3.82. The van der Waals surface area contributed by atoms with Crippen LogP contribution in [-0.2, 0) is 4.79 Å². The fraction of sp³-hybridized carbons (Fsp3) is 0.533. The van der Waals surface area contributed by atoms with E-state index in [9.17, 15) is 23.1 Å². The van der Waals surface area contributed by atoms with E-state index in [-0.39, 0.29) is 10.7 Å². The number of carbonyl (C=O) groups is 1. The predicted octanol–water partition coefficient (Wildman–Crippen LogP) is 4.63. The first-order valence-electron chi connectivity index (χ1n) is 7.18. The van der Waals surface area contributed by atoms with Crippen molar-refractivity contribution in [1.82, 2.24) is 0 Å². The van der Waals surface area contributed by atoms with Gasteiger partial charge in [0.25, 0.3) is 5.91 Å². The van der Waals surface area contributed by atoms with Gasteiger partial charge in [0.2, 0.25) is 5.60 Å². The first kappa shape index (κ1) is 18.4. The normalized spacial score (nSPS) is 18.7. The van der Waals surface area contributed by atoms with Crippen LogP contribution in [-0.4, -0.2) is 28.0 Å². The third kappa shape index (κ3) is 4.33. The van der Waals surface area contributed by atoms with Crippen LogP contribution in [0.2, 0.25) is 5.02 Å². The van der Waals surface area contributed by atoms with Crippen LogP contribution in [0.25, 0.3) is 0 Å². The molecular weight excluding hydrogens is 351 g/mol. The van der Waals surface area contributed by atoms with Crippen molar-refractivity contribution in [1.29, 1.82) is 0 Å². The number of rotatable bonds is 4. The van der Waals surface area contributed by atoms with Gasteiger partial charge in [0.1, 0.15) is 0 Å². The van der Waals surface area contributed by atoms with Gasteiger partial charge in [-0.05, 0) is 38.0 Å². The van der Waals surface area contributed by atoms with Crippen molar-refractivity contribution in [2.45, 2.75) is 54.5 Å². The summed E-state index contributed by atoms with van der Waals surface area (Å²) in [6.45, 7) is 0.403. The van der Waals surface area contributed by atoms with E-state index in [4.69, 9.17) is 11.6 Å². The zero-order chi connectivity index (χ0) is 17.3. The molecule has 2 N–H and O–H groups in total. The number of alkyl halides is 3. The number of aliphatic hydroxyl groups is 1. The number of thioether (sulfide) groups is 1. The highest BCUT2D eigenvalue weighted by Crippen LogP contribution is 2.37. The summed E-state index contributed by atoms with van der Waals surface area (Å²) in [5.74, 6) is -1.57. The predicted molar refractivity (Wildman–Crippen MR) is 84.9 cm³/mol. The second-order valence-electron chi connectivity index (χ2n) is 5.69. The van der Waals surface area contributed by atoms with Crippen LogP contribution in [0.15, 0.2) is 23.1 Å². The number of halogens is 4. The van der Waals surface area contributed by atoms with E-state index in [2.05, 4.69) is 0 Å². The van der Waals surface area contributed by atoms with Crippen molar-refractivity contribution < 1.29 is 23.1 Å². The Morgan fingerprint density at radius 2 is 1.96 bits per heavy atom. The van der Waals surface area contributed by atoms with Gasteiger partial charge in [-0.2, -0.15) is 13.2 Å². The largest absolute Gasteiger partial charge is 0.426 e. The van der Waals surface area contributed by atoms with E-state index in [1.165, 1.54) is 18.9 Å². The van der Waals surface area contributed by atoms with Gasteiger partial charge in [-0.15, -0.1) is 11.8 Å². The maximum Gasteiger partial charge on any atom is 0.426 e. The third-order valence-electron chi connectivity index (χ3n) is 3.79. The van der Waals surface area contributed by atoms with Crippen molar-refractivity contribution in [3.05, 3.63) is 23.2 Å². The van der Waals surface area contributed by atoms with Gasteiger partial charge in [-0.3, -0.25) is 4.79 Å². The number of hydrogen-bond donors (Lipinski definition) is 2. The average molecular weight is 368 g/mol. The van der Waals surface area contributed by atoms with Gasteiger partial charge in [0.05, 0.1) is 10.7 Å². The number of nitrogens with one attached hydrogen (secondary N) is 1. The smallest absolute Gasteiger partial charge is 0.373 e. The van der Waals surface area contributed by atoms with Crippen molar-refractivity contribution in [2.24, 2.45) is 0 Å². The quantitative estimate of drug-likeness (QED) is 0.816. The van der Waals surface area contributed by atoms with Gasteiger partial charge < -0.3 is 10.4 Å². The molecule has 0 aromatic heterocycles. The Bertz CT molecular complexity index is 587. The second kappa shape index (κ2) is 6.91. The van der Waals surface area contributed by atoms with Gasteiger partial charge >= 0.3 is 6.18 Å². The first-order chi connectivity index (χ1) is 10.6. The number of carbonyl (C=O) groups excluding carboxylic acids is 1. The molecule has 1 aliphatic carbocycles. The highest BCUT2D eigenvalue weighted by atomic mass is 35.5. The lowest BCUT2D eigenvalue weighted by atomic mass is 10.1. The molecule has 2 rings (SSSR count). The molecule has 1 amide bonds. The molecule has 0 saturated heterocycles. The SMILES string of the molecule is C[C@@](O)(C(=O)Nc1ccc(SC2CCCC2)cc1Cl)C(F)(F)F. The van der Waals surface area contributed by atoms with Crippen molar-refractivity contribution in [2.75, 3.05) is 5.32 Å². The van der Waals surface area contributed by atoms with Crippen molar-refractivity contribution >= 4 is 35.0 Å². The maximum atomic E-state index is 12.6. The Labute approximate surface area is 141 Å². The van der Waals surface area contributed by atoms with E-state index in [0.717, 1.165) is 17.7 Å². The number of benzene rings is 1. The highest BCUT2D eigenvalue weighted by Gasteiger charge is 2.55. The van der Waals surface area contributed by atoms with Crippen LogP contribution >= 0.6 is 23.4 Å². The fourth-order valence-electron chi connectivity index (χ4n) is 2.24. The van der Waals surface area contributed by atoms with E-state index >= 15 is 0 Å². The molecule has 1 fully saturated rings. The van der Waals surface area contributed by atoms with Gasteiger partial charge in [-0.1, -0.05) is 24.4 Å². The second-order valence-corrected chi connectivity index (χ2v) is 7.47. The van der Waals surface area contributed by atoms with E-state index in [0.29, 0.717) is 12.2 Å². The number of hydrogen-bond acceptors (Lipinski definition) is 3. The first-order valence-corrected chi connectivity index (χ1v) is 8.44. The number of anilines is 1. The molecule has 0 unspecified atom stereocenters. The summed E-state index contributed by atoms with van der Waals surface area (Å²) in [5.41, 5.74) is -3.44. The van der Waals surface area contributed by atoms with E-state index < -0.39 is 17.7 Å². The molecule has 1 aromatic carbocycles. The zero-order valence-electron chi connectivity index (χ0n) is 12.4. The summed E-state index contributed by atoms with van der Waals surface area (Å²) in [7, 11) is 0. The van der Waals surface area contributed by atoms with Crippen LogP contribution in [0.5, 0.6) is 0 Å². The Hall–Kier alpha value is -0.920. The summed E-state index contributed by atoms with van der Waals surface area (Å²) >= 11 is 7.71. The van der Waals surface area contributed by atoms with E-state index in [1.807, 2.05) is 5.32 Å². The lowest BCUT2D eigenvalue weighted by Gasteiger charge is -2.25. The van der Waals surface area contributed by atoms with E-state index in [1.54, 1.807) is 23.9 Å². The Morgan fingerprint density at radius 1 is 1.35 bits per heavy atom. The molecule has 0 bridgehead atoms. The Morgan fingerprint density at radius 3 is 2.48 bits per heavy atom. The molecule has 0 spiro atoms. The van der Waals surface area contributed by atoms with Crippen molar-refractivity contribution in [3.8, 4) is 0 Å². The molecule has 1 saturated carbocycles. The summed E-state index contributed by atoms with van der Waals surface area (Å²) in [5, 5.41) is 12.0.